The van der Waals surface area contributed by atoms with Crippen LogP contribution in [0.2, 0.25) is 0 Å². The number of thioether (sulfide) groups is 1. The number of fused-ring (bicyclic) bond motifs is 5. The van der Waals surface area contributed by atoms with Crippen molar-refractivity contribution in [1.29, 1.82) is 0 Å². The van der Waals surface area contributed by atoms with Gasteiger partial charge in [-0.3, -0.25) is 4.79 Å². The van der Waals surface area contributed by atoms with Crippen LogP contribution in [0.1, 0.15) is 65.7 Å². The fourth-order valence-electron chi connectivity index (χ4n) is 6.53. The summed E-state index contributed by atoms with van der Waals surface area (Å²) in [5.41, 5.74) is 2.21. The first-order valence-electron chi connectivity index (χ1n) is 9.59. The van der Waals surface area contributed by atoms with Crippen molar-refractivity contribution in [3.05, 3.63) is 22.6 Å². The van der Waals surface area contributed by atoms with E-state index in [0.29, 0.717) is 5.41 Å². The molecule has 4 aliphatic rings. The van der Waals surface area contributed by atoms with Gasteiger partial charge in [-0.15, -0.1) is 11.8 Å². The van der Waals surface area contributed by atoms with Gasteiger partial charge in [-0.2, -0.15) is 0 Å². The lowest BCUT2D eigenvalue weighted by Crippen LogP contribution is -2.48. The normalized spacial score (nSPS) is 45.7. The highest BCUT2D eigenvalue weighted by Gasteiger charge is 2.55. The number of hydrogen-bond acceptors (Lipinski definition) is 2. The maximum Gasteiger partial charge on any atom is 0.191 e. The fourth-order valence-corrected chi connectivity index (χ4v) is 7.37. The molecule has 0 N–H and O–H groups in total. The average Bonchev–Trinajstić information content (AvgIpc) is 2.91. The van der Waals surface area contributed by atoms with Crippen LogP contribution in [-0.2, 0) is 4.79 Å². The maximum atomic E-state index is 12.4. The Hall–Kier alpha value is -0.500. The van der Waals surface area contributed by atoms with Gasteiger partial charge in [-0.05, 0) is 73.5 Å². The van der Waals surface area contributed by atoms with Gasteiger partial charge in [0.15, 0.2) is 5.78 Å². The number of carbonyl (C=O) groups excluding carboxylic acids is 1. The van der Waals surface area contributed by atoms with E-state index in [9.17, 15) is 4.79 Å². The minimum atomic E-state index is 0.151. The number of carbonyl (C=O) groups is 1. The van der Waals surface area contributed by atoms with Crippen LogP contribution < -0.4 is 0 Å². The van der Waals surface area contributed by atoms with E-state index in [1.165, 1.54) is 44.1 Å². The van der Waals surface area contributed by atoms with Crippen LogP contribution in [0.15, 0.2) is 22.6 Å². The Labute approximate surface area is 145 Å². The quantitative estimate of drug-likeness (QED) is 0.640. The van der Waals surface area contributed by atoms with Gasteiger partial charge in [0, 0.05) is 5.41 Å². The molecule has 1 nitrogen and oxygen atoms in total. The molecule has 0 saturated heterocycles. The number of hydrogen-bond donors (Lipinski definition) is 0. The molecule has 2 heteroatoms. The molecule has 5 atom stereocenters. The molecule has 0 aromatic heterocycles. The zero-order valence-corrected chi connectivity index (χ0v) is 15.7. The van der Waals surface area contributed by atoms with Gasteiger partial charge in [0.2, 0.25) is 0 Å². The lowest BCUT2D eigenvalue weighted by atomic mass is 9.48. The van der Waals surface area contributed by atoms with Gasteiger partial charge in [-0.25, -0.2) is 0 Å². The molecule has 3 saturated carbocycles. The molecule has 23 heavy (non-hydrogen) atoms. The summed E-state index contributed by atoms with van der Waals surface area (Å²) in [5.74, 6) is 3.85. The highest BCUT2D eigenvalue weighted by atomic mass is 32.2. The SMILES string of the molecule is CCSC1=C[C@@]2(C)C(=CC1=O)CC[C@H]1[C@@H]3CCC[C@@]3(C)CC[C@@H]12. The van der Waals surface area contributed by atoms with Crippen LogP contribution in [-0.4, -0.2) is 11.5 Å². The molecule has 4 rings (SSSR count). The molecule has 126 valence electrons. The topological polar surface area (TPSA) is 17.1 Å². The van der Waals surface area contributed by atoms with Crippen LogP contribution >= 0.6 is 11.8 Å². The molecule has 0 aromatic rings. The van der Waals surface area contributed by atoms with Crippen molar-refractivity contribution in [2.45, 2.75) is 65.7 Å². The summed E-state index contributed by atoms with van der Waals surface area (Å²) in [6.07, 6.45) is 14.0. The monoisotopic (exact) mass is 330 g/mol. The predicted molar refractivity (Wildman–Crippen MR) is 98.3 cm³/mol. The summed E-state index contributed by atoms with van der Waals surface area (Å²) in [7, 11) is 0. The lowest BCUT2D eigenvalue weighted by molar-refractivity contribution is -0.111. The molecule has 0 aliphatic heterocycles. The molecule has 0 heterocycles. The van der Waals surface area contributed by atoms with Gasteiger partial charge in [0.05, 0.1) is 4.91 Å². The first-order valence-corrected chi connectivity index (χ1v) is 10.6. The minimum absolute atomic E-state index is 0.151. The third-order valence-corrected chi connectivity index (χ3v) is 8.63. The Morgan fingerprint density at radius 2 is 2.00 bits per heavy atom. The second kappa shape index (κ2) is 5.51. The summed E-state index contributed by atoms with van der Waals surface area (Å²) < 4.78 is 0. The minimum Gasteiger partial charge on any atom is -0.289 e. The Balaban J connectivity index is 1.70. The molecular formula is C21H30OS. The fraction of sp³-hybridized carbons (Fsp3) is 0.762. The van der Waals surface area contributed by atoms with Gasteiger partial charge in [0.25, 0.3) is 0 Å². The second-order valence-corrected chi connectivity index (χ2v) is 10.1. The Morgan fingerprint density at radius 1 is 1.17 bits per heavy atom. The van der Waals surface area contributed by atoms with Crippen LogP contribution in [0, 0.1) is 28.6 Å². The van der Waals surface area contributed by atoms with Crippen molar-refractivity contribution in [1.82, 2.24) is 0 Å². The summed E-state index contributed by atoms with van der Waals surface area (Å²) >= 11 is 1.74. The largest absolute Gasteiger partial charge is 0.289 e. The zero-order chi connectivity index (χ0) is 16.2. The first-order chi connectivity index (χ1) is 11.0. The number of ketones is 1. The summed E-state index contributed by atoms with van der Waals surface area (Å²) in [6.45, 7) is 7.15. The van der Waals surface area contributed by atoms with E-state index in [1.807, 2.05) is 6.08 Å². The smallest absolute Gasteiger partial charge is 0.191 e. The van der Waals surface area contributed by atoms with Gasteiger partial charge in [-0.1, -0.05) is 38.8 Å². The summed E-state index contributed by atoms with van der Waals surface area (Å²) in [4.78, 5) is 13.4. The van der Waals surface area contributed by atoms with Gasteiger partial charge in [0.1, 0.15) is 0 Å². The molecule has 4 aliphatic carbocycles. The highest BCUT2D eigenvalue weighted by molar-refractivity contribution is 8.04. The van der Waals surface area contributed by atoms with Crippen LogP contribution in [0.4, 0.5) is 0 Å². The van der Waals surface area contributed by atoms with Crippen LogP contribution in [0.5, 0.6) is 0 Å². The van der Waals surface area contributed by atoms with E-state index >= 15 is 0 Å². The van der Waals surface area contributed by atoms with Crippen LogP contribution in [0.25, 0.3) is 0 Å². The van der Waals surface area contributed by atoms with E-state index in [2.05, 4.69) is 26.8 Å². The summed E-state index contributed by atoms with van der Waals surface area (Å²) in [6, 6.07) is 0. The molecule has 0 radical (unpaired) electrons. The maximum absolute atomic E-state index is 12.4. The molecule has 0 aromatic carbocycles. The van der Waals surface area contributed by atoms with Gasteiger partial charge >= 0.3 is 0 Å². The van der Waals surface area contributed by atoms with E-state index in [1.54, 1.807) is 11.8 Å². The summed E-state index contributed by atoms with van der Waals surface area (Å²) in [5, 5.41) is 0. The van der Waals surface area contributed by atoms with Crippen molar-refractivity contribution < 1.29 is 4.79 Å². The van der Waals surface area contributed by atoms with E-state index in [0.717, 1.165) is 34.8 Å². The van der Waals surface area contributed by atoms with Crippen molar-refractivity contribution in [2.24, 2.45) is 28.6 Å². The third kappa shape index (κ3) is 2.31. The highest BCUT2D eigenvalue weighted by Crippen LogP contribution is 2.64. The Bertz CT molecular complexity index is 589. The van der Waals surface area contributed by atoms with Crippen LogP contribution in [0.3, 0.4) is 0 Å². The molecular weight excluding hydrogens is 300 g/mol. The van der Waals surface area contributed by atoms with E-state index in [-0.39, 0.29) is 11.2 Å². The molecule has 0 unspecified atom stereocenters. The molecule has 3 fully saturated rings. The first kappa shape index (κ1) is 16.0. The molecule has 0 bridgehead atoms. The third-order valence-electron chi connectivity index (χ3n) is 7.71. The number of rotatable bonds is 2. The molecule has 0 amide bonds. The second-order valence-electron chi connectivity index (χ2n) is 8.76. The van der Waals surface area contributed by atoms with Crippen molar-refractivity contribution in [2.75, 3.05) is 5.75 Å². The Kier molecular flexibility index (Phi) is 3.83. The standard InChI is InChI=1S/C21H30OS/c1-4-23-19-13-21(3)14(12-18(19)22)7-8-15-16-6-5-10-20(16,2)11-9-17(15)21/h12-13,15-17H,4-11H2,1-3H3/t15-,16-,17-,20-,21-/m0/s1. The number of allylic oxidation sites excluding steroid dienone is 4. The van der Waals surface area contributed by atoms with Gasteiger partial charge < -0.3 is 0 Å². The van der Waals surface area contributed by atoms with Crippen molar-refractivity contribution in [3.63, 3.8) is 0 Å². The zero-order valence-electron chi connectivity index (χ0n) is 14.9. The predicted octanol–water partition coefficient (Wildman–Crippen LogP) is 5.77. The van der Waals surface area contributed by atoms with E-state index in [4.69, 9.17) is 0 Å². The van der Waals surface area contributed by atoms with Crippen molar-refractivity contribution in [3.8, 4) is 0 Å². The van der Waals surface area contributed by atoms with Crippen molar-refractivity contribution >= 4 is 17.5 Å². The van der Waals surface area contributed by atoms with E-state index < -0.39 is 0 Å². The Morgan fingerprint density at radius 3 is 2.78 bits per heavy atom. The lowest BCUT2D eigenvalue weighted by Gasteiger charge is -2.56. The average molecular weight is 331 g/mol. The molecule has 0 spiro atoms.